The number of hydrogen-bond donors (Lipinski definition) is 1. The Morgan fingerprint density at radius 1 is 1.23 bits per heavy atom. The number of esters is 1. The number of nitrogens with one attached hydrogen (secondary N) is 1. The van der Waals surface area contributed by atoms with E-state index in [0.29, 0.717) is 23.3 Å². The van der Waals surface area contributed by atoms with Gasteiger partial charge in [0, 0.05) is 20.2 Å². The van der Waals surface area contributed by atoms with E-state index in [9.17, 15) is 9.59 Å². The summed E-state index contributed by atoms with van der Waals surface area (Å²) < 4.78 is 10.6. The van der Waals surface area contributed by atoms with E-state index in [1.54, 1.807) is 35.7 Å². The second-order valence-electron chi connectivity index (χ2n) is 6.76. The summed E-state index contributed by atoms with van der Waals surface area (Å²) in [5.41, 5.74) is 2.62. The van der Waals surface area contributed by atoms with Crippen LogP contribution >= 0.6 is 22.7 Å². The first kappa shape index (κ1) is 20.2. The lowest BCUT2D eigenvalue weighted by molar-refractivity contribution is -0.124. The van der Waals surface area contributed by atoms with Gasteiger partial charge in [-0.2, -0.15) is 0 Å². The van der Waals surface area contributed by atoms with Gasteiger partial charge in [0.1, 0.15) is 0 Å². The monoisotopic (exact) mass is 441 g/mol. The Morgan fingerprint density at radius 3 is 2.77 bits per heavy atom. The molecule has 4 aromatic heterocycles. The first-order chi connectivity index (χ1) is 14.4. The highest BCUT2D eigenvalue weighted by atomic mass is 32.1. The van der Waals surface area contributed by atoms with Crippen molar-refractivity contribution in [2.45, 2.75) is 27.3 Å². The highest BCUT2D eigenvalue weighted by Gasteiger charge is 2.22. The molecule has 0 aliphatic rings. The number of amides is 1. The zero-order chi connectivity index (χ0) is 21.3. The molecule has 0 atom stereocenters. The predicted octanol–water partition coefficient (Wildman–Crippen LogP) is 4.41. The van der Waals surface area contributed by atoms with Crippen molar-refractivity contribution in [3.05, 3.63) is 55.5 Å². The van der Waals surface area contributed by atoms with Crippen LogP contribution in [0.2, 0.25) is 0 Å². The molecule has 4 heterocycles. The molecule has 0 spiro atoms. The van der Waals surface area contributed by atoms with Crippen LogP contribution in [-0.4, -0.2) is 28.6 Å². The molecule has 0 aliphatic carbocycles. The highest BCUT2D eigenvalue weighted by Crippen LogP contribution is 2.33. The normalized spacial score (nSPS) is 11.0. The Morgan fingerprint density at radius 2 is 2.07 bits per heavy atom. The van der Waals surface area contributed by atoms with Gasteiger partial charge in [-0.1, -0.05) is 11.2 Å². The third kappa shape index (κ3) is 4.12. The molecule has 154 valence electrons. The number of carbonyl (C=O) groups excluding carboxylic acids is 2. The SMILES string of the molecule is Cc1cc(-c2cc(C(=O)OCC(=O)NCc3cccs3)c3c(C)noc3n2)c(C)s1. The van der Waals surface area contributed by atoms with Crippen LogP contribution in [-0.2, 0) is 16.1 Å². The van der Waals surface area contributed by atoms with Gasteiger partial charge in [-0.25, -0.2) is 9.78 Å². The van der Waals surface area contributed by atoms with Gasteiger partial charge >= 0.3 is 5.97 Å². The average molecular weight is 442 g/mol. The molecule has 30 heavy (non-hydrogen) atoms. The Bertz CT molecular complexity index is 1220. The number of fused-ring (bicyclic) bond motifs is 1. The largest absolute Gasteiger partial charge is 0.452 e. The lowest BCUT2D eigenvalue weighted by atomic mass is 10.1. The zero-order valence-electron chi connectivity index (χ0n) is 16.6. The number of ether oxygens (including phenoxy) is 1. The van der Waals surface area contributed by atoms with Gasteiger partial charge in [0.25, 0.3) is 11.6 Å². The standard InChI is InChI=1S/C21H19N3O4S2/c1-11-7-15(13(3)30-11)17-8-16(19-12(2)24-28-20(19)23-17)21(26)27-10-18(25)22-9-14-5-4-6-29-14/h4-8H,9-10H2,1-3H3,(H,22,25). The van der Waals surface area contributed by atoms with Crippen molar-refractivity contribution in [2.24, 2.45) is 0 Å². The van der Waals surface area contributed by atoms with Crippen LogP contribution in [0.4, 0.5) is 0 Å². The summed E-state index contributed by atoms with van der Waals surface area (Å²) in [7, 11) is 0. The number of thiophene rings is 2. The lowest BCUT2D eigenvalue weighted by Gasteiger charge is -2.08. The molecule has 0 radical (unpaired) electrons. The van der Waals surface area contributed by atoms with Gasteiger partial charge in [-0.15, -0.1) is 22.7 Å². The van der Waals surface area contributed by atoms with E-state index < -0.39 is 5.97 Å². The maximum Gasteiger partial charge on any atom is 0.339 e. The molecule has 1 amide bonds. The molecule has 0 aromatic carbocycles. The van der Waals surface area contributed by atoms with Crippen molar-refractivity contribution in [2.75, 3.05) is 6.61 Å². The van der Waals surface area contributed by atoms with Crippen LogP contribution < -0.4 is 5.32 Å². The second-order valence-corrected chi connectivity index (χ2v) is 9.26. The molecular weight excluding hydrogens is 422 g/mol. The maximum absolute atomic E-state index is 12.8. The summed E-state index contributed by atoms with van der Waals surface area (Å²) in [5.74, 6) is -0.987. The first-order valence-electron chi connectivity index (χ1n) is 9.23. The minimum Gasteiger partial charge on any atom is -0.452 e. The molecule has 7 nitrogen and oxygen atoms in total. The Labute approximate surface area is 180 Å². The van der Waals surface area contributed by atoms with E-state index in [2.05, 4.69) is 15.5 Å². The lowest BCUT2D eigenvalue weighted by Crippen LogP contribution is -2.28. The van der Waals surface area contributed by atoms with Crippen LogP contribution in [0.1, 0.15) is 30.7 Å². The van der Waals surface area contributed by atoms with Crippen molar-refractivity contribution in [1.82, 2.24) is 15.5 Å². The summed E-state index contributed by atoms with van der Waals surface area (Å²) in [6, 6.07) is 7.53. The van der Waals surface area contributed by atoms with E-state index in [1.165, 1.54) is 0 Å². The van der Waals surface area contributed by atoms with Crippen LogP contribution in [0, 0.1) is 20.8 Å². The number of rotatable bonds is 6. The molecule has 0 saturated carbocycles. The van der Waals surface area contributed by atoms with Crippen molar-refractivity contribution in [3.63, 3.8) is 0 Å². The summed E-state index contributed by atoms with van der Waals surface area (Å²) in [6.07, 6.45) is 0. The molecule has 0 aliphatic heterocycles. The summed E-state index contributed by atoms with van der Waals surface area (Å²) >= 11 is 3.20. The van der Waals surface area contributed by atoms with Gasteiger partial charge < -0.3 is 14.6 Å². The summed E-state index contributed by atoms with van der Waals surface area (Å²) in [5, 5.41) is 9.10. The fraction of sp³-hybridized carbons (Fsp3) is 0.238. The minimum atomic E-state index is -0.620. The Kier molecular flexibility index (Phi) is 5.65. The summed E-state index contributed by atoms with van der Waals surface area (Å²) in [4.78, 5) is 32.7. The number of aryl methyl sites for hydroxylation is 3. The van der Waals surface area contributed by atoms with Gasteiger partial charge in [-0.05, 0) is 44.4 Å². The first-order valence-corrected chi connectivity index (χ1v) is 10.9. The third-order valence-corrected chi connectivity index (χ3v) is 6.37. The van der Waals surface area contributed by atoms with Gasteiger partial charge in [-0.3, -0.25) is 4.79 Å². The molecule has 0 saturated heterocycles. The molecule has 0 bridgehead atoms. The van der Waals surface area contributed by atoms with Crippen molar-refractivity contribution in [3.8, 4) is 11.3 Å². The predicted molar refractivity (Wildman–Crippen MR) is 116 cm³/mol. The van der Waals surface area contributed by atoms with E-state index in [-0.39, 0.29) is 23.8 Å². The molecule has 4 rings (SSSR count). The molecule has 0 unspecified atom stereocenters. The van der Waals surface area contributed by atoms with Crippen molar-refractivity contribution < 1.29 is 18.8 Å². The Balaban J connectivity index is 1.56. The van der Waals surface area contributed by atoms with Crippen LogP contribution in [0.25, 0.3) is 22.4 Å². The van der Waals surface area contributed by atoms with Crippen molar-refractivity contribution >= 4 is 45.6 Å². The average Bonchev–Trinajstić information content (AvgIpc) is 3.45. The van der Waals surface area contributed by atoms with Gasteiger partial charge in [0.15, 0.2) is 6.61 Å². The van der Waals surface area contributed by atoms with E-state index in [4.69, 9.17) is 9.26 Å². The zero-order valence-corrected chi connectivity index (χ0v) is 18.3. The number of pyridine rings is 1. The number of aromatic nitrogens is 2. The maximum atomic E-state index is 12.8. The highest BCUT2D eigenvalue weighted by molar-refractivity contribution is 7.12. The Hall–Kier alpha value is -3.04. The third-order valence-electron chi connectivity index (χ3n) is 4.53. The second kappa shape index (κ2) is 8.37. The molecule has 4 aromatic rings. The van der Waals surface area contributed by atoms with Crippen LogP contribution in [0.5, 0.6) is 0 Å². The van der Waals surface area contributed by atoms with Crippen LogP contribution in [0.3, 0.4) is 0 Å². The number of hydrogen-bond acceptors (Lipinski definition) is 8. The molecule has 0 fully saturated rings. The number of nitrogens with zero attached hydrogens (tertiary/aromatic N) is 2. The molecular formula is C21H19N3O4S2. The van der Waals surface area contributed by atoms with Crippen molar-refractivity contribution in [1.29, 1.82) is 0 Å². The fourth-order valence-corrected chi connectivity index (χ4v) is 4.72. The smallest absolute Gasteiger partial charge is 0.339 e. The van der Waals surface area contributed by atoms with Crippen LogP contribution in [0.15, 0.2) is 34.2 Å². The molecule has 9 heteroatoms. The van der Waals surface area contributed by atoms with Gasteiger partial charge in [0.05, 0.1) is 28.9 Å². The molecule has 1 N–H and O–H groups in total. The minimum absolute atomic E-state index is 0.266. The number of carbonyl (C=O) groups is 2. The van der Waals surface area contributed by atoms with E-state index in [0.717, 1.165) is 20.2 Å². The topological polar surface area (TPSA) is 94.3 Å². The summed E-state index contributed by atoms with van der Waals surface area (Å²) in [6.45, 7) is 5.78. The van der Waals surface area contributed by atoms with E-state index in [1.807, 2.05) is 37.4 Å². The van der Waals surface area contributed by atoms with E-state index >= 15 is 0 Å². The van der Waals surface area contributed by atoms with Gasteiger partial charge in [0.2, 0.25) is 0 Å². The quantitative estimate of drug-likeness (QED) is 0.446. The fourth-order valence-electron chi connectivity index (χ4n) is 3.14.